The molecule has 0 aliphatic carbocycles. The second kappa shape index (κ2) is 11.1. The molecule has 5 unspecified atom stereocenters. The van der Waals surface area contributed by atoms with Crippen molar-refractivity contribution < 1.29 is 27.5 Å². The number of alkyl halides is 3. The van der Waals surface area contributed by atoms with Crippen molar-refractivity contribution in [2.45, 2.75) is 36.6 Å². The molecule has 0 radical (unpaired) electrons. The Hall–Kier alpha value is -2.94. The lowest BCUT2D eigenvalue weighted by atomic mass is 9.90. The van der Waals surface area contributed by atoms with Gasteiger partial charge in [0.25, 0.3) is 0 Å². The highest BCUT2D eigenvalue weighted by Gasteiger charge is 2.53. The number of hydrazine groups is 1. The van der Waals surface area contributed by atoms with Gasteiger partial charge in [0.2, 0.25) is 0 Å². The number of thiazole rings is 1. The van der Waals surface area contributed by atoms with E-state index in [9.17, 15) is 18.4 Å². The summed E-state index contributed by atoms with van der Waals surface area (Å²) in [6.45, 7) is 0.243. The molecular weight excluding hydrogens is 596 g/mol. The Bertz CT molecular complexity index is 1480. The van der Waals surface area contributed by atoms with Crippen LogP contribution in [0.2, 0.25) is 10.2 Å². The maximum atomic E-state index is 14.0. The summed E-state index contributed by atoms with van der Waals surface area (Å²) in [4.78, 5) is 9.83. The molecular formula is C23H21Cl2F3N8O3S. The molecule has 0 amide bonds. The second-order valence-corrected chi connectivity index (χ2v) is 10.5. The number of nitriles is 1. The Kier molecular flexibility index (Phi) is 7.97. The van der Waals surface area contributed by atoms with E-state index < -0.39 is 42.2 Å². The van der Waals surface area contributed by atoms with Gasteiger partial charge in [-0.05, 0) is 18.2 Å². The van der Waals surface area contributed by atoms with Crippen LogP contribution >= 0.6 is 34.5 Å². The van der Waals surface area contributed by atoms with Crippen molar-refractivity contribution in [3.05, 3.63) is 68.0 Å². The van der Waals surface area contributed by atoms with E-state index in [-0.39, 0.29) is 39.5 Å². The van der Waals surface area contributed by atoms with Crippen molar-refractivity contribution in [1.82, 2.24) is 25.3 Å². The topological polar surface area (TPSA) is 150 Å². The molecule has 2 fully saturated rings. The zero-order valence-electron chi connectivity index (χ0n) is 20.5. The van der Waals surface area contributed by atoms with Crippen LogP contribution in [0.3, 0.4) is 0 Å². The number of fused-ring (bicyclic) bond motifs is 1. The van der Waals surface area contributed by atoms with Crippen molar-refractivity contribution in [3.8, 4) is 11.8 Å². The lowest BCUT2D eigenvalue weighted by Crippen LogP contribution is -2.62. The van der Waals surface area contributed by atoms with E-state index in [0.717, 1.165) is 22.9 Å². The highest BCUT2D eigenvalue weighted by molar-refractivity contribution is 7.11. The number of aromatic nitrogens is 3. The quantitative estimate of drug-likeness (QED) is 0.278. The number of halogens is 5. The molecule has 2 aliphatic heterocycles. The predicted molar refractivity (Wildman–Crippen MR) is 139 cm³/mol. The van der Waals surface area contributed by atoms with Crippen LogP contribution < -0.4 is 17.1 Å². The van der Waals surface area contributed by atoms with Crippen LogP contribution in [0.15, 0.2) is 35.8 Å². The lowest BCUT2D eigenvalue weighted by molar-refractivity contribution is -0.201. The lowest BCUT2D eigenvalue weighted by Gasteiger charge is -2.45. The highest BCUT2D eigenvalue weighted by Crippen LogP contribution is 2.41. The molecule has 4 heterocycles. The number of rotatable bonds is 6. The smallest absolute Gasteiger partial charge is 0.395 e. The second-order valence-electron chi connectivity index (χ2n) is 8.86. The van der Waals surface area contributed by atoms with E-state index in [2.05, 4.69) is 15.6 Å². The first-order chi connectivity index (χ1) is 19.0. The number of hydrogen-bond acceptors (Lipinski definition) is 11. The molecule has 3 aromatic rings. The SMILES string of the molecule is COC1C(c2cc(C#N)nn2-c2cc(Cl)ccc2C(F)(F)F)OC2CNOC2C1N(N)/C=C(\N)c1nc(Cl)cs1. The maximum absolute atomic E-state index is 14.0. The third kappa shape index (κ3) is 5.37. The Morgan fingerprint density at radius 1 is 1.38 bits per heavy atom. The number of hydroxylamine groups is 1. The minimum Gasteiger partial charge on any atom is -0.395 e. The van der Waals surface area contributed by atoms with Crippen molar-refractivity contribution >= 4 is 40.2 Å². The molecule has 2 aromatic heterocycles. The van der Waals surface area contributed by atoms with Gasteiger partial charge in [0.15, 0.2) is 5.69 Å². The number of hydrogen-bond donors (Lipinski definition) is 3. The van der Waals surface area contributed by atoms with Gasteiger partial charge in [0.05, 0.1) is 29.2 Å². The zero-order valence-corrected chi connectivity index (χ0v) is 22.8. The monoisotopic (exact) mass is 616 g/mol. The number of benzene rings is 1. The van der Waals surface area contributed by atoms with Crippen LogP contribution in [0.5, 0.6) is 0 Å². The van der Waals surface area contributed by atoms with Gasteiger partial charge >= 0.3 is 6.18 Å². The molecule has 5 atom stereocenters. The summed E-state index contributed by atoms with van der Waals surface area (Å²) in [6.07, 6.45) is -6.57. The highest BCUT2D eigenvalue weighted by atomic mass is 35.5. The van der Waals surface area contributed by atoms with Crippen molar-refractivity contribution in [1.29, 1.82) is 5.26 Å². The standard InChI is InChI=1S/C23H21Cl2F3N8O3S/c1-37-21-18(35(31)8-13(30)22-33-17(25)9-40-22)20-16(7-32-39-20)38-19(21)15-5-11(6-29)34-36(15)14-4-10(24)2-3-12(14)23(26,27)28/h2-5,8-9,16,18-21,32H,7,30-31H2,1H3/b13-8-. The third-order valence-corrected chi connectivity index (χ3v) is 7.88. The summed E-state index contributed by atoms with van der Waals surface area (Å²) >= 11 is 13.2. The largest absolute Gasteiger partial charge is 0.418 e. The van der Waals surface area contributed by atoms with Gasteiger partial charge in [-0.2, -0.15) is 29.0 Å². The fourth-order valence-electron chi connectivity index (χ4n) is 4.76. The van der Waals surface area contributed by atoms with Crippen molar-refractivity contribution in [3.63, 3.8) is 0 Å². The minimum atomic E-state index is -4.74. The van der Waals surface area contributed by atoms with E-state index >= 15 is 0 Å². The molecule has 2 saturated heterocycles. The zero-order chi connectivity index (χ0) is 28.8. The predicted octanol–water partition coefficient (Wildman–Crippen LogP) is 3.39. The summed E-state index contributed by atoms with van der Waals surface area (Å²) in [7, 11) is 1.39. The normalized spacial score (nSPS) is 25.1. The fraction of sp³-hybridized carbons (Fsp3) is 0.348. The van der Waals surface area contributed by atoms with Crippen LogP contribution in [-0.4, -0.2) is 57.8 Å². The maximum Gasteiger partial charge on any atom is 0.418 e. The van der Waals surface area contributed by atoms with Gasteiger partial charge in [-0.3, -0.25) is 4.84 Å². The first kappa shape index (κ1) is 28.6. The van der Waals surface area contributed by atoms with Gasteiger partial charge in [-0.15, -0.1) is 11.3 Å². The molecule has 212 valence electrons. The number of ether oxygens (including phenoxy) is 2. The average Bonchev–Trinajstić information content (AvgIpc) is 3.65. The number of nitrogens with zero attached hydrogens (tertiary/aromatic N) is 5. The number of methoxy groups -OCH3 is 1. The van der Waals surface area contributed by atoms with Gasteiger partial charge in [-0.1, -0.05) is 23.2 Å². The molecule has 2 aliphatic rings. The number of nitrogens with one attached hydrogen (secondary N) is 1. The van der Waals surface area contributed by atoms with Crippen LogP contribution in [0.4, 0.5) is 13.2 Å². The summed E-state index contributed by atoms with van der Waals surface area (Å²) in [6, 6.07) is 5.52. The van der Waals surface area contributed by atoms with E-state index in [1.165, 1.54) is 35.7 Å². The summed E-state index contributed by atoms with van der Waals surface area (Å²) < 4.78 is 55.1. The van der Waals surface area contributed by atoms with Gasteiger partial charge in [0.1, 0.15) is 46.7 Å². The molecule has 0 saturated carbocycles. The first-order valence-electron chi connectivity index (χ1n) is 11.6. The van der Waals surface area contributed by atoms with Gasteiger partial charge in [-0.25, -0.2) is 15.5 Å². The van der Waals surface area contributed by atoms with E-state index in [0.29, 0.717) is 5.01 Å². The fourth-order valence-corrected chi connectivity index (χ4v) is 5.80. The van der Waals surface area contributed by atoms with Gasteiger partial charge < -0.3 is 20.2 Å². The summed E-state index contributed by atoms with van der Waals surface area (Å²) in [5, 5.41) is 17.3. The Morgan fingerprint density at radius 3 is 2.80 bits per heavy atom. The average molecular weight is 617 g/mol. The van der Waals surface area contributed by atoms with Crippen molar-refractivity contribution in [2.75, 3.05) is 13.7 Å². The molecule has 17 heteroatoms. The molecule has 5 N–H and O–H groups in total. The molecule has 11 nitrogen and oxygen atoms in total. The third-order valence-electron chi connectivity index (χ3n) is 6.43. The Balaban J connectivity index is 1.61. The van der Waals surface area contributed by atoms with Crippen LogP contribution in [0.25, 0.3) is 11.4 Å². The van der Waals surface area contributed by atoms with Crippen molar-refractivity contribution in [2.24, 2.45) is 11.6 Å². The molecule has 0 bridgehead atoms. The van der Waals surface area contributed by atoms with E-state index in [1.807, 2.05) is 6.07 Å². The summed E-state index contributed by atoms with van der Waals surface area (Å²) in [5.41, 5.74) is 7.77. The molecule has 40 heavy (non-hydrogen) atoms. The van der Waals surface area contributed by atoms with Crippen LogP contribution in [-0.2, 0) is 20.5 Å². The molecule has 1 aromatic carbocycles. The molecule has 0 spiro atoms. The first-order valence-corrected chi connectivity index (χ1v) is 13.2. The van der Waals surface area contributed by atoms with Crippen LogP contribution in [0, 0.1) is 11.3 Å². The van der Waals surface area contributed by atoms with E-state index in [4.69, 9.17) is 49.1 Å². The van der Waals surface area contributed by atoms with E-state index in [1.54, 1.807) is 5.38 Å². The van der Waals surface area contributed by atoms with Gasteiger partial charge in [0, 0.05) is 29.8 Å². The van der Waals surface area contributed by atoms with Crippen LogP contribution in [0.1, 0.15) is 28.1 Å². The molecule has 5 rings (SSSR count). The Labute approximate surface area is 239 Å². The minimum absolute atomic E-state index is 0.0400. The Morgan fingerprint density at radius 2 is 2.15 bits per heavy atom. The summed E-state index contributed by atoms with van der Waals surface area (Å²) in [5.74, 6) is 6.47. The number of nitrogens with two attached hydrogens (primary N) is 2.